The van der Waals surface area contributed by atoms with E-state index in [0.29, 0.717) is 22.6 Å². The molecule has 3 aromatic rings. The summed E-state index contributed by atoms with van der Waals surface area (Å²) >= 11 is 0. The summed E-state index contributed by atoms with van der Waals surface area (Å²) in [6.45, 7) is 10.8. The molecule has 1 aromatic carbocycles. The Morgan fingerprint density at radius 2 is 1.68 bits per heavy atom. The normalized spacial score (nSPS) is 15.6. The number of rotatable bonds is 6. The monoisotopic (exact) mass is 606 g/mol. The second-order valence-electron chi connectivity index (χ2n) is 12.1. The largest absolute Gasteiger partial charge is 0.495 e. The van der Waals surface area contributed by atoms with E-state index in [-0.39, 0.29) is 36.6 Å². The number of sulfonamides is 1. The number of ether oxygens (including phenoxy) is 2. The van der Waals surface area contributed by atoms with Crippen LogP contribution in [-0.2, 0) is 24.6 Å². The molecular weight excluding hydrogens is 568 g/mol. The number of amides is 1. The average Bonchev–Trinajstić information content (AvgIpc) is 3.29. The predicted octanol–water partition coefficient (Wildman–Crippen LogP) is 4.72. The molecule has 0 aliphatic carbocycles. The summed E-state index contributed by atoms with van der Waals surface area (Å²) in [6.07, 6.45) is 3.22. The van der Waals surface area contributed by atoms with Gasteiger partial charge in [-0.25, -0.2) is 26.6 Å². The number of sulfone groups is 1. The third-order valence-corrected chi connectivity index (χ3v) is 11.2. The van der Waals surface area contributed by atoms with Gasteiger partial charge in [-0.05, 0) is 66.5 Å². The van der Waals surface area contributed by atoms with E-state index in [1.165, 1.54) is 18.2 Å². The van der Waals surface area contributed by atoms with Gasteiger partial charge in [0.05, 0.1) is 29.0 Å². The summed E-state index contributed by atoms with van der Waals surface area (Å²) in [6, 6.07) is 8.41. The first-order valence-corrected chi connectivity index (χ1v) is 16.4. The number of carbonyl (C=O) groups excluding carboxylic acids is 1. The summed E-state index contributed by atoms with van der Waals surface area (Å²) in [5.74, 6) is 0.198. The van der Waals surface area contributed by atoms with Gasteiger partial charge in [0.15, 0.2) is 9.84 Å². The Labute approximate surface area is 241 Å². The number of hydrogen-bond acceptors (Lipinski definition) is 8. The highest BCUT2D eigenvalue weighted by atomic mass is 32.2. The van der Waals surface area contributed by atoms with E-state index in [1.807, 2.05) is 0 Å². The molecule has 0 unspecified atom stereocenters. The van der Waals surface area contributed by atoms with E-state index in [9.17, 15) is 21.6 Å². The first-order valence-electron chi connectivity index (χ1n) is 13.3. The van der Waals surface area contributed by atoms with Gasteiger partial charge >= 0.3 is 6.09 Å². The van der Waals surface area contributed by atoms with Crippen molar-refractivity contribution in [2.45, 2.75) is 74.9 Å². The van der Waals surface area contributed by atoms with Crippen molar-refractivity contribution >= 4 is 37.3 Å². The number of anilines is 1. The quantitative estimate of drug-likeness (QED) is 0.426. The van der Waals surface area contributed by atoms with Gasteiger partial charge in [0.25, 0.3) is 0 Å². The Morgan fingerprint density at radius 1 is 1.02 bits per heavy atom. The van der Waals surface area contributed by atoms with Crippen molar-refractivity contribution in [1.82, 2.24) is 14.3 Å². The van der Waals surface area contributed by atoms with Crippen molar-refractivity contribution in [2.24, 2.45) is 0 Å². The minimum absolute atomic E-state index is 0.0360. The van der Waals surface area contributed by atoms with Crippen molar-refractivity contribution in [1.29, 1.82) is 0 Å². The molecular formula is C28H38N4O7S2. The van der Waals surface area contributed by atoms with Crippen LogP contribution in [-0.4, -0.2) is 73.0 Å². The third kappa shape index (κ3) is 6.45. The molecule has 0 spiro atoms. The lowest BCUT2D eigenvalue weighted by atomic mass is 10.1. The molecule has 1 N–H and O–H groups in total. The number of aromatic nitrogens is 2. The highest BCUT2D eigenvalue weighted by Crippen LogP contribution is 2.35. The smallest absolute Gasteiger partial charge is 0.410 e. The Morgan fingerprint density at radius 3 is 2.27 bits per heavy atom. The van der Waals surface area contributed by atoms with Crippen LogP contribution in [0.15, 0.2) is 47.6 Å². The second-order valence-corrected chi connectivity index (χ2v) is 16.7. The number of piperidine rings is 1. The molecule has 0 radical (unpaired) electrons. The third-order valence-electron chi connectivity index (χ3n) is 6.84. The summed E-state index contributed by atoms with van der Waals surface area (Å²) in [7, 11) is -6.08. The van der Waals surface area contributed by atoms with Crippen LogP contribution < -0.4 is 9.46 Å². The van der Waals surface area contributed by atoms with Gasteiger partial charge in [-0.3, -0.25) is 9.12 Å². The van der Waals surface area contributed by atoms with E-state index < -0.39 is 41.6 Å². The maximum Gasteiger partial charge on any atom is 0.410 e. The SMILES string of the molecule is COc1cc2ncc(-c3cccc(NS(=O)(=O)C4CCN(C(=O)OC(C)(C)C)CC4)c3)n2cc1S(=O)(=O)C(C)(C)C. The molecule has 1 saturated heterocycles. The van der Waals surface area contributed by atoms with Crippen LogP contribution in [0.25, 0.3) is 16.9 Å². The van der Waals surface area contributed by atoms with Gasteiger partial charge in [0, 0.05) is 36.6 Å². The number of hydrogen-bond donors (Lipinski definition) is 1. The van der Waals surface area contributed by atoms with E-state index in [0.717, 1.165) is 0 Å². The highest BCUT2D eigenvalue weighted by molar-refractivity contribution is 7.93. The first-order chi connectivity index (χ1) is 18.9. The molecule has 11 nitrogen and oxygen atoms in total. The van der Waals surface area contributed by atoms with Crippen LogP contribution in [0, 0.1) is 0 Å². The highest BCUT2D eigenvalue weighted by Gasteiger charge is 2.35. The van der Waals surface area contributed by atoms with Crippen molar-refractivity contribution in [3.05, 3.63) is 42.7 Å². The number of nitrogens with zero attached hydrogens (tertiary/aromatic N) is 3. The summed E-state index contributed by atoms with van der Waals surface area (Å²) in [5.41, 5.74) is 1.44. The molecule has 3 heterocycles. The first kappa shape index (κ1) is 30.6. The standard InChI is InChI=1S/C28H38N4O7S2/c1-27(2,3)39-26(33)31-13-11-21(12-14-31)41(36,37)30-20-10-8-9-19(15-20)22-17-29-25-16-23(38-7)24(18-32(22)25)40(34,35)28(4,5)6/h8-10,15-18,21,30H,11-14H2,1-7H3. The number of nitrogens with one attached hydrogen (secondary N) is 1. The Bertz CT molecular complexity index is 1660. The van der Waals surface area contributed by atoms with Crippen LogP contribution in [0.4, 0.5) is 10.5 Å². The van der Waals surface area contributed by atoms with Crippen LogP contribution in [0.1, 0.15) is 54.4 Å². The van der Waals surface area contributed by atoms with Crippen LogP contribution in [0.5, 0.6) is 5.75 Å². The topological polar surface area (TPSA) is 136 Å². The Balaban J connectivity index is 1.58. The van der Waals surface area contributed by atoms with Crippen LogP contribution >= 0.6 is 0 Å². The van der Waals surface area contributed by atoms with Gasteiger partial charge in [-0.1, -0.05) is 12.1 Å². The number of fused-ring (bicyclic) bond motifs is 1. The van der Waals surface area contributed by atoms with E-state index in [4.69, 9.17) is 9.47 Å². The molecule has 0 atom stereocenters. The molecule has 1 aliphatic heterocycles. The zero-order valence-corrected chi connectivity index (χ0v) is 26.1. The molecule has 2 aromatic heterocycles. The fourth-order valence-electron chi connectivity index (χ4n) is 4.56. The number of likely N-dealkylation sites (tertiary alicyclic amines) is 1. The molecule has 13 heteroatoms. The van der Waals surface area contributed by atoms with E-state index >= 15 is 0 Å². The number of imidazole rings is 1. The van der Waals surface area contributed by atoms with E-state index in [1.54, 1.807) is 82.5 Å². The van der Waals surface area contributed by atoms with Gasteiger partial charge < -0.3 is 14.4 Å². The lowest BCUT2D eigenvalue weighted by Gasteiger charge is -2.33. The van der Waals surface area contributed by atoms with Crippen molar-refractivity contribution in [3.63, 3.8) is 0 Å². The van der Waals surface area contributed by atoms with Crippen molar-refractivity contribution in [2.75, 3.05) is 24.9 Å². The summed E-state index contributed by atoms with van der Waals surface area (Å²) in [5, 5.41) is -0.668. The maximum atomic E-state index is 13.3. The second kappa shape index (κ2) is 10.8. The van der Waals surface area contributed by atoms with Gasteiger partial charge in [0.1, 0.15) is 21.9 Å². The molecule has 224 valence electrons. The molecule has 41 heavy (non-hydrogen) atoms. The summed E-state index contributed by atoms with van der Waals surface area (Å²) < 4.78 is 67.2. The Hall–Kier alpha value is -3.32. The number of methoxy groups -OCH3 is 1. The molecule has 1 amide bonds. The molecule has 0 bridgehead atoms. The fraction of sp³-hybridized carbons (Fsp3) is 0.500. The number of pyridine rings is 1. The van der Waals surface area contributed by atoms with Crippen LogP contribution in [0.3, 0.4) is 0 Å². The lowest BCUT2D eigenvalue weighted by molar-refractivity contribution is 0.0217. The van der Waals surface area contributed by atoms with E-state index in [2.05, 4.69) is 9.71 Å². The lowest BCUT2D eigenvalue weighted by Crippen LogP contribution is -2.45. The molecule has 1 aliphatic rings. The van der Waals surface area contributed by atoms with Crippen molar-refractivity contribution < 1.29 is 31.1 Å². The zero-order chi connectivity index (χ0) is 30.4. The molecule has 4 rings (SSSR count). The molecule has 1 fully saturated rings. The average molecular weight is 607 g/mol. The van der Waals surface area contributed by atoms with Gasteiger partial charge in [0.2, 0.25) is 10.0 Å². The maximum absolute atomic E-state index is 13.3. The van der Waals surface area contributed by atoms with Crippen molar-refractivity contribution in [3.8, 4) is 17.0 Å². The number of benzene rings is 1. The van der Waals surface area contributed by atoms with Gasteiger partial charge in [-0.15, -0.1) is 0 Å². The zero-order valence-electron chi connectivity index (χ0n) is 24.5. The minimum Gasteiger partial charge on any atom is -0.495 e. The fourth-order valence-corrected chi connectivity index (χ4v) is 7.32. The molecule has 0 saturated carbocycles. The predicted molar refractivity (Wildman–Crippen MR) is 157 cm³/mol. The Kier molecular flexibility index (Phi) is 8.09. The summed E-state index contributed by atoms with van der Waals surface area (Å²) in [4.78, 5) is 18.3. The van der Waals surface area contributed by atoms with Gasteiger partial charge in [-0.2, -0.15) is 0 Å². The minimum atomic E-state index is -3.75. The number of carbonyl (C=O) groups is 1. The van der Waals surface area contributed by atoms with Crippen LogP contribution in [0.2, 0.25) is 0 Å².